The highest BCUT2D eigenvalue weighted by molar-refractivity contribution is 5.99. The third-order valence-corrected chi connectivity index (χ3v) is 4.47. The number of aliphatic hydroxyl groups excluding tert-OH is 1. The number of hydrogen-bond donors (Lipinski definition) is 1. The summed E-state index contributed by atoms with van der Waals surface area (Å²) in [5, 5.41) is 10.2. The summed E-state index contributed by atoms with van der Waals surface area (Å²) in [5.74, 6) is 0.00706. The molecule has 2 aromatic rings. The van der Waals surface area contributed by atoms with Gasteiger partial charge in [-0.25, -0.2) is 0 Å². The molecule has 3 rings (SSSR count). The molecule has 0 aromatic heterocycles. The second-order valence-corrected chi connectivity index (χ2v) is 6.18. The van der Waals surface area contributed by atoms with E-state index in [0.717, 1.165) is 5.56 Å². The van der Waals surface area contributed by atoms with Crippen molar-refractivity contribution in [3.05, 3.63) is 60.2 Å². The number of para-hydroxylation sites is 2. The van der Waals surface area contributed by atoms with Crippen LogP contribution in [0, 0.1) is 0 Å². The van der Waals surface area contributed by atoms with Gasteiger partial charge in [-0.05, 0) is 17.7 Å². The molecular weight excluding hydrogens is 332 g/mol. The summed E-state index contributed by atoms with van der Waals surface area (Å²) in [6.07, 6.45) is -0.913. The van der Waals surface area contributed by atoms with Gasteiger partial charge in [-0.1, -0.05) is 42.5 Å². The van der Waals surface area contributed by atoms with Gasteiger partial charge in [0.1, 0.15) is 18.4 Å². The molecule has 1 aliphatic rings. The van der Waals surface area contributed by atoms with Crippen molar-refractivity contribution in [1.29, 1.82) is 0 Å². The van der Waals surface area contributed by atoms with E-state index in [4.69, 9.17) is 4.74 Å². The number of carbonyl (C=O) groups excluding carboxylic acids is 2. The number of rotatable bonds is 5. The van der Waals surface area contributed by atoms with Crippen LogP contribution in [0.3, 0.4) is 0 Å². The molecule has 0 bridgehead atoms. The van der Waals surface area contributed by atoms with Crippen LogP contribution in [0.25, 0.3) is 0 Å². The molecule has 0 radical (unpaired) electrons. The van der Waals surface area contributed by atoms with Gasteiger partial charge < -0.3 is 19.6 Å². The highest BCUT2D eigenvalue weighted by atomic mass is 16.5. The SMILES string of the molecule is COc1ccccc1N1CCN(C(=O)C(O)Cc2ccccc2)CC1=O. The van der Waals surface area contributed by atoms with Gasteiger partial charge in [-0.15, -0.1) is 0 Å². The smallest absolute Gasteiger partial charge is 0.252 e. The van der Waals surface area contributed by atoms with Crippen molar-refractivity contribution < 1.29 is 19.4 Å². The summed E-state index contributed by atoms with van der Waals surface area (Å²) >= 11 is 0. The van der Waals surface area contributed by atoms with E-state index < -0.39 is 12.0 Å². The zero-order valence-corrected chi connectivity index (χ0v) is 14.7. The topological polar surface area (TPSA) is 70.1 Å². The Morgan fingerprint density at radius 3 is 2.50 bits per heavy atom. The van der Waals surface area contributed by atoms with Gasteiger partial charge in [-0.3, -0.25) is 9.59 Å². The minimum atomic E-state index is -1.15. The first-order chi connectivity index (χ1) is 12.6. The van der Waals surface area contributed by atoms with Crippen LogP contribution in [0.15, 0.2) is 54.6 Å². The van der Waals surface area contributed by atoms with Gasteiger partial charge in [0.2, 0.25) is 5.91 Å². The van der Waals surface area contributed by atoms with Crippen LogP contribution in [-0.2, 0) is 16.0 Å². The van der Waals surface area contributed by atoms with E-state index >= 15 is 0 Å². The van der Waals surface area contributed by atoms with Crippen molar-refractivity contribution in [3.8, 4) is 5.75 Å². The van der Waals surface area contributed by atoms with Crippen LogP contribution in [0.4, 0.5) is 5.69 Å². The number of aliphatic hydroxyl groups is 1. The second-order valence-electron chi connectivity index (χ2n) is 6.18. The second kappa shape index (κ2) is 8.01. The number of hydrogen-bond acceptors (Lipinski definition) is 4. The van der Waals surface area contributed by atoms with Gasteiger partial charge in [0.15, 0.2) is 0 Å². The lowest BCUT2D eigenvalue weighted by Crippen LogP contribution is -2.54. The fourth-order valence-corrected chi connectivity index (χ4v) is 3.10. The van der Waals surface area contributed by atoms with Crippen molar-refractivity contribution in [2.24, 2.45) is 0 Å². The number of amides is 2. The molecule has 1 atom stereocenters. The lowest BCUT2D eigenvalue weighted by molar-refractivity contribution is -0.144. The molecule has 1 heterocycles. The molecule has 136 valence electrons. The van der Waals surface area contributed by atoms with Gasteiger partial charge in [0, 0.05) is 19.5 Å². The molecule has 2 aromatic carbocycles. The molecule has 1 unspecified atom stereocenters. The van der Waals surface area contributed by atoms with Crippen molar-refractivity contribution in [2.45, 2.75) is 12.5 Å². The Morgan fingerprint density at radius 1 is 1.12 bits per heavy atom. The van der Waals surface area contributed by atoms with E-state index in [1.165, 1.54) is 4.90 Å². The Morgan fingerprint density at radius 2 is 1.81 bits per heavy atom. The highest BCUT2D eigenvalue weighted by Gasteiger charge is 2.32. The molecular formula is C20H22N2O4. The maximum absolute atomic E-state index is 12.6. The number of carbonyl (C=O) groups is 2. The van der Waals surface area contributed by atoms with Gasteiger partial charge >= 0.3 is 0 Å². The molecule has 6 nitrogen and oxygen atoms in total. The van der Waals surface area contributed by atoms with Gasteiger partial charge in [-0.2, -0.15) is 0 Å². The fourth-order valence-electron chi connectivity index (χ4n) is 3.10. The molecule has 0 saturated carbocycles. The van der Waals surface area contributed by atoms with Crippen molar-refractivity contribution in [1.82, 2.24) is 4.90 Å². The average Bonchev–Trinajstić information content (AvgIpc) is 2.68. The number of piperazine rings is 1. The minimum Gasteiger partial charge on any atom is -0.495 e. The molecule has 1 saturated heterocycles. The Kier molecular flexibility index (Phi) is 5.53. The first-order valence-corrected chi connectivity index (χ1v) is 8.54. The molecule has 6 heteroatoms. The lowest BCUT2D eigenvalue weighted by Gasteiger charge is -2.35. The first kappa shape index (κ1) is 17.9. The highest BCUT2D eigenvalue weighted by Crippen LogP contribution is 2.28. The van der Waals surface area contributed by atoms with Crippen molar-refractivity contribution in [3.63, 3.8) is 0 Å². The van der Waals surface area contributed by atoms with Crippen LogP contribution in [-0.4, -0.2) is 54.7 Å². The summed E-state index contributed by atoms with van der Waals surface area (Å²) in [6, 6.07) is 16.6. The molecule has 0 aliphatic carbocycles. The zero-order valence-electron chi connectivity index (χ0n) is 14.7. The third kappa shape index (κ3) is 3.86. The third-order valence-electron chi connectivity index (χ3n) is 4.47. The first-order valence-electron chi connectivity index (χ1n) is 8.54. The quantitative estimate of drug-likeness (QED) is 0.883. The molecule has 2 amide bonds. The Labute approximate surface area is 152 Å². The number of nitrogens with zero attached hydrogens (tertiary/aromatic N) is 2. The van der Waals surface area contributed by atoms with Crippen LogP contribution in [0.2, 0.25) is 0 Å². The Bertz CT molecular complexity index is 778. The molecule has 0 spiro atoms. The van der Waals surface area contributed by atoms with E-state index in [-0.39, 0.29) is 18.9 Å². The van der Waals surface area contributed by atoms with E-state index in [0.29, 0.717) is 24.5 Å². The van der Waals surface area contributed by atoms with Crippen LogP contribution >= 0.6 is 0 Å². The van der Waals surface area contributed by atoms with Crippen LogP contribution in [0.5, 0.6) is 5.75 Å². The normalized spacial score (nSPS) is 15.7. The number of methoxy groups -OCH3 is 1. The van der Waals surface area contributed by atoms with Crippen molar-refractivity contribution in [2.75, 3.05) is 31.6 Å². The Hall–Kier alpha value is -2.86. The summed E-state index contributed by atoms with van der Waals surface area (Å²) in [6.45, 7) is 0.681. The predicted molar refractivity (Wildman–Crippen MR) is 98.1 cm³/mol. The van der Waals surface area contributed by atoms with Crippen LogP contribution in [0.1, 0.15) is 5.56 Å². The summed E-state index contributed by atoms with van der Waals surface area (Å²) < 4.78 is 5.31. The monoisotopic (exact) mass is 354 g/mol. The minimum absolute atomic E-state index is 0.0528. The van der Waals surface area contributed by atoms with E-state index in [9.17, 15) is 14.7 Å². The summed E-state index contributed by atoms with van der Waals surface area (Å²) in [5.41, 5.74) is 1.57. The predicted octanol–water partition coefficient (Wildman–Crippen LogP) is 1.47. The Balaban J connectivity index is 1.64. The average molecular weight is 354 g/mol. The maximum atomic E-state index is 12.6. The standard InChI is InChI=1S/C20H22N2O4/c1-26-18-10-6-5-9-16(18)22-12-11-21(14-19(22)24)20(25)17(23)13-15-7-3-2-4-8-15/h2-10,17,23H,11-14H2,1H3. The zero-order chi connectivity index (χ0) is 18.5. The maximum Gasteiger partial charge on any atom is 0.252 e. The number of benzene rings is 2. The van der Waals surface area contributed by atoms with Crippen molar-refractivity contribution >= 4 is 17.5 Å². The lowest BCUT2D eigenvalue weighted by atomic mass is 10.1. The molecule has 26 heavy (non-hydrogen) atoms. The number of anilines is 1. The van der Waals surface area contributed by atoms with Gasteiger partial charge in [0.25, 0.3) is 5.91 Å². The summed E-state index contributed by atoms with van der Waals surface area (Å²) in [7, 11) is 1.56. The van der Waals surface area contributed by atoms with E-state index in [2.05, 4.69) is 0 Å². The molecule has 1 fully saturated rings. The number of ether oxygens (including phenoxy) is 1. The molecule has 1 aliphatic heterocycles. The molecule has 1 N–H and O–H groups in total. The van der Waals surface area contributed by atoms with Gasteiger partial charge in [0.05, 0.1) is 12.8 Å². The fraction of sp³-hybridized carbons (Fsp3) is 0.300. The van der Waals surface area contributed by atoms with Crippen LogP contribution < -0.4 is 9.64 Å². The largest absolute Gasteiger partial charge is 0.495 e. The van der Waals surface area contributed by atoms with E-state index in [1.807, 2.05) is 48.5 Å². The van der Waals surface area contributed by atoms with E-state index in [1.54, 1.807) is 18.1 Å². The summed E-state index contributed by atoms with van der Waals surface area (Å²) in [4.78, 5) is 28.1.